The fourth-order valence-electron chi connectivity index (χ4n) is 9.92. The number of hydrogen-bond donors (Lipinski definition) is 0. The van der Waals surface area contributed by atoms with Gasteiger partial charge in [0.05, 0.1) is 0 Å². The van der Waals surface area contributed by atoms with Crippen LogP contribution in [0.15, 0.2) is 126 Å². The van der Waals surface area contributed by atoms with Gasteiger partial charge in [0.1, 0.15) is 73.9 Å². The summed E-state index contributed by atoms with van der Waals surface area (Å²) in [4.78, 5) is 0. The molecule has 60 heavy (non-hydrogen) atoms. The number of benzene rings is 9. The van der Waals surface area contributed by atoms with Gasteiger partial charge in [-0.25, -0.2) is 0 Å². The Kier molecular flexibility index (Phi) is 8.06. The first-order valence-corrected chi connectivity index (χ1v) is 19.8. The SMILES string of the molecule is [B]c1c([B])c([B])c2c(-c3ccc4oc5c6ccccc6ccc5c4c3)c3c([B])c([B])c([B])c([B])c3c(-c3cccc(-c4ccc5c(c4)C(C)(C)c4ccccc4-5)c3)c2c1[B]. The van der Waals surface area contributed by atoms with Crippen molar-refractivity contribution in [1.82, 2.24) is 0 Å². The van der Waals surface area contributed by atoms with Crippen LogP contribution < -0.4 is 43.7 Å². The first-order valence-electron chi connectivity index (χ1n) is 19.8. The molecular weight excluding hydrogens is 715 g/mol. The van der Waals surface area contributed by atoms with Crippen molar-refractivity contribution in [2.24, 2.45) is 0 Å². The lowest BCUT2D eigenvalue weighted by Crippen LogP contribution is -2.50. The van der Waals surface area contributed by atoms with Crippen LogP contribution in [0.3, 0.4) is 0 Å². The Morgan fingerprint density at radius 1 is 0.383 bits per heavy atom. The van der Waals surface area contributed by atoms with E-state index < -0.39 is 0 Å². The zero-order valence-electron chi connectivity index (χ0n) is 33.1. The number of hydrogen-bond acceptors (Lipinski definition) is 1. The van der Waals surface area contributed by atoms with E-state index in [2.05, 4.69) is 98.8 Å². The minimum Gasteiger partial charge on any atom is -0.455 e. The molecule has 1 aliphatic rings. The second-order valence-corrected chi connectivity index (χ2v) is 16.5. The van der Waals surface area contributed by atoms with Crippen LogP contribution in [0.4, 0.5) is 0 Å². The van der Waals surface area contributed by atoms with Gasteiger partial charge in [-0.2, -0.15) is 0 Å². The maximum Gasteiger partial charge on any atom is 0.143 e. The Labute approximate surface area is 359 Å². The maximum atomic E-state index is 7.10. The molecule has 0 fully saturated rings. The summed E-state index contributed by atoms with van der Waals surface area (Å²) in [6.45, 7) is 4.55. The summed E-state index contributed by atoms with van der Waals surface area (Å²) in [6.07, 6.45) is 0. The minimum absolute atomic E-state index is 0.165. The summed E-state index contributed by atoms with van der Waals surface area (Å²) in [5, 5.41) is 6.24. The van der Waals surface area contributed by atoms with Gasteiger partial charge in [-0.05, 0) is 113 Å². The van der Waals surface area contributed by atoms with Gasteiger partial charge < -0.3 is 4.42 Å². The van der Waals surface area contributed by atoms with E-state index in [4.69, 9.17) is 67.2 Å². The lowest BCUT2D eigenvalue weighted by molar-refractivity contribution is 0.660. The van der Waals surface area contributed by atoms with Gasteiger partial charge in [0.25, 0.3) is 0 Å². The van der Waals surface area contributed by atoms with Gasteiger partial charge in [-0.15, -0.1) is 21.9 Å². The molecule has 0 spiro atoms. The third kappa shape index (κ3) is 4.99. The average Bonchev–Trinajstić information content (AvgIpc) is 3.76. The smallest absolute Gasteiger partial charge is 0.143 e. The third-order valence-electron chi connectivity index (χ3n) is 13.0. The zero-order valence-corrected chi connectivity index (χ0v) is 33.1. The summed E-state index contributed by atoms with van der Waals surface area (Å²) in [5.74, 6) is 0. The Hall–Kier alpha value is -5.92. The molecule has 0 unspecified atom stereocenters. The summed E-state index contributed by atoms with van der Waals surface area (Å²) < 4.78 is 6.50. The van der Waals surface area contributed by atoms with E-state index in [1.807, 2.05) is 36.4 Å². The van der Waals surface area contributed by atoms with Gasteiger partial charge in [0.2, 0.25) is 0 Å². The van der Waals surface area contributed by atoms with E-state index in [1.165, 1.54) is 22.3 Å². The maximum absolute atomic E-state index is 7.10. The highest BCUT2D eigenvalue weighted by Gasteiger charge is 2.35. The second-order valence-electron chi connectivity index (χ2n) is 16.5. The van der Waals surface area contributed by atoms with Crippen molar-refractivity contribution in [3.8, 4) is 44.5 Å². The van der Waals surface area contributed by atoms with E-state index in [0.717, 1.165) is 55.0 Å². The van der Waals surface area contributed by atoms with Gasteiger partial charge in [0.15, 0.2) is 0 Å². The molecule has 260 valence electrons. The van der Waals surface area contributed by atoms with E-state index >= 15 is 0 Å². The fraction of sp³-hybridized carbons (Fsp3) is 0.0588. The predicted molar refractivity (Wildman–Crippen MR) is 263 cm³/mol. The quantitative estimate of drug-likeness (QED) is 0.189. The second kappa shape index (κ2) is 13.0. The number of rotatable bonds is 3. The molecule has 11 rings (SSSR count). The molecule has 0 saturated carbocycles. The standard InChI is InChI=1S/C51H26B8O/c1-51(2)33-13-6-5-12-29(33)30-17-15-25(22-34(30)51)24-9-7-10-26(20-24)36-38-40(44(54)48(58)46(56)42(38)52)37(41-39(36)43(53)47(57)49(59)45(41)55)27-16-19-35-32(21-27)31-18-14-23-8-3-4-11-28(23)50(31)60-35/h3-22H,1-2H3. The van der Waals surface area contributed by atoms with E-state index in [9.17, 15) is 0 Å². The molecule has 9 aromatic carbocycles. The molecule has 9 heteroatoms. The predicted octanol–water partition coefficient (Wildman–Crippen LogP) is 4.70. The van der Waals surface area contributed by atoms with E-state index in [0.29, 0.717) is 32.7 Å². The summed E-state index contributed by atoms with van der Waals surface area (Å²) in [6, 6.07) is 41.9. The topological polar surface area (TPSA) is 13.1 Å². The normalized spacial score (nSPS) is 13.2. The highest BCUT2D eigenvalue weighted by molar-refractivity contribution is 6.71. The summed E-state index contributed by atoms with van der Waals surface area (Å²) >= 11 is 0. The van der Waals surface area contributed by atoms with Gasteiger partial charge in [-0.1, -0.05) is 127 Å². The van der Waals surface area contributed by atoms with Crippen LogP contribution in [0.1, 0.15) is 25.0 Å². The Bertz CT molecular complexity index is 3480. The largest absolute Gasteiger partial charge is 0.455 e. The van der Waals surface area contributed by atoms with Crippen LogP contribution in [0.25, 0.3) is 98.8 Å². The number of furan rings is 1. The summed E-state index contributed by atoms with van der Waals surface area (Å²) in [5.41, 5.74) is 13.0. The third-order valence-corrected chi connectivity index (χ3v) is 13.0. The van der Waals surface area contributed by atoms with E-state index in [-0.39, 0.29) is 49.1 Å². The molecular formula is C51H26B8O. The van der Waals surface area contributed by atoms with Crippen LogP contribution in [-0.2, 0) is 5.41 Å². The Balaban J connectivity index is 1.23. The van der Waals surface area contributed by atoms with Crippen LogP contribution in [0, 0.1) is 0 Å². The lowest BCUT2D eigenvalue weighted by atomic mass is 9.59. The zero-order chi connectivity index (χ0) is 41.5. The van der Waals surface area contributed by atoms with E-state index in [1.54, 1.807) is 0 Å². The first kappa shape index (κ1) is 37.1. The molecule has 1 nitrogen and oxygen atoms in total. The van der Waals surface area contributed by atoms with Crippen LogP contribution >= 0.6 is 0 Å². The molecule has 1 aliphatic carbocycles. The molecule has 0 atom stereocenters. The van der Waals surface area contributed by atoms with Gasteiger partial charge in [-0.3, -0.25) is 0 Å². The highest BCUT2D eigenvalue weighted by atomic mass is 16.3. The minimum atomic E-state index is -0.172. The molecule has 1 heterocycles. The van der Waals surface area contributed by atoms with Crippen molar-refractivity contribution < 1.29 is 4.42 Å². The van der Waals surface area contributed by atoms with Crippen LogP contribution in [0.5, 0.6) is 0 Å². The highest BCUT2D eigenvalue weighted by Crippen LogP contribution is 2.50. The summed E-state index contributed by atoms with van der Waals surface area (Å²) in [7, 11) is 55.2. The van der Waals surface area contributed by atoms with Crippen molar-refractivity contribution >= 4 is 161 Å². The Morgan fingerprint density at radius 2 is 0.917 bits per heavy atom. The molecule has 0 N–H and O–H groups in total. The fourth-order valence-corrected chi connectivity index (χ4v) is 9.92. The average molecular weight is 741 g/mol. The molecule has 0 aliphatic heterocycles. The molecule has 0 saturated heterocycles. The lowest BCUT2D eigenvalue weighted by Gasteiger charge is -2.28. The van der Waals surface area contributed by atoms with Crippen molar-refractivity contribution in [1.29, 1.82) is 0 Å². The first-order chi connectivity index (χ1) is 28.9. The van der Waals surface area contributed by atoms with Crippen molar-refractivity contribution in [2.45, 2.75) is 19.3 Å². The van der Waals surface area contributed by atoms with Gasteiger partial charge in [0, 0.05) is 21.6 Å². The monoisotopic (exact) mass is 742 g/mol. The molecule has 10 aromatic rings. The van der Waals surface area contributed by atoms with Crippen LogP contribution in [0.2, 0.25) is 0 Å². The van der Waals surface area contributed by atoms with Crippen molar-refractivity contribution in [3.05, 3.63) is 132 Å². The van der Waals surface area contributed by atoms with Crippen molar-refractivity contribution in [2.75, 3.05) is 0 Å². The molecule has 16 radical (unpaired) electrons. The van der Waals surface area contributed by atoms with Crippen LogP contribution in [-0.4, -0.2) is 62.8 Å². The molecule has 0 bridgehead atoms. The molecule has 1 aromatic heterocycles. The number of fused-ring (bicyclic) bond motifs is 10. The molecule has 0 amide bonds. The van der Waals surface area contributed by atoms with Gasteiger partial charge >= 0.3 is 0 Å². The Morgan fingerprint density at radius 3 is 1.58 bits per heavy atom. The van der Waals surface area contributed by atoms with Crippen molar-refractivity contribution in [3.63, 3.8) is 0 Å².